The molecule has 0 heterocycles. The third-order valence-corrected chi connectivity index (χ3v) is 3.86. The van der Waals surface area contributed by atoms with Crippen LogP contribution in [-0.2, 0) is 16.5 Å². The first-order chi connectivity index (χ1) is 9.64. The Labute approximate surface area is 123 Å². The van der Waals surface area contributed by atoms with Crippen LogP contribution in [0.15, 0.2) is 36.9 Å². The number of halogens is 3. The van der Waals surface area contributed by atoms with Gasteiger partial charge in [0, 0.05) is 6.61 Å². The van der Waals surface area contributed by atoms with Gasteiger partial charge in [0.15, 0.2) is 0 Å². The third-order valence-electron chi connectivity index (χ3n) is 3.86. The summed E-state index contributed by atoms with van der Waals surface area (Å²) < 4.78 is 43.5. The zero-order valence-corrected chi connectivity index (χ0v) is 12.5. The van der Waals surface area contributed by atoms with Crippen LogP contribution in [0, 0.1) is 0 Å². The number of aliphatic hydroxyl groups is 1. The molecule has 0 radical (unpaired) electrons. The smallest absolute Gasteiger partial charge is 0.382 e. The molecule has 0 saturated heterocycles. The van der Waals surface area contributed by atoms with Crippen molar-refractivity contribution in [2.24, 2.45) is 0 Å². The molecule has 0 spiro atoms. The summed E-state index contributed by atoms with van der Waals surface area (Å²) in [7, 11) is 0. The topological polar surface area (TPSA) is 29.5 Å². The fourth-order valence-electron chi connectivity index (χ4n) is 2.47. The van der Waals surface area contributed by atoms with Crippen LogP contribution in [0.2, 0.25) is 0 Å². The number of hydrogen-bond donors (Lipinski definition) is 1. The maximum atomic E-state index is 12.6. The van der Waals surface area contributed by atoms with Crippen molar-refractivity contribution in [2.45, 2.75) is 44.6 Å². The SMILES string of the molecule is C=C[C@](CC)(OCC)[C@](C)(O)c1ccc(C(F)(F)F)cc1. The van der Waals surface area contributed by atoms with Crippen LogP contribution >= 0.6 is 0 Å². The second-order valence-electron chi connectivity index (χ2n) is 5.03. The molecule has 0 unspecified atom stereocenters. The van der Waals surface area contributed by atoms with Crippen molar-refractivity contribution in [2.75, 3.05) is 6.61 Å². The standard InChI is InChI=1S/C16H21F3O2/c1-5-15(6-2,21-7-3)14(4,20)12-8-10-13(11-9-12)16(17,18)19/h5,8-11,20H,1,6-7H2,2-4H3/t14-,15-/m1/s1. The molecule has 0 fully saturated rings. The first-order valence-corrected chi connectivity index (χ1v) is 6.82. The van der Waals surface area contributed by atoms with Crippen molar-refractivity contribution in [3.8, 4) is 0 Å². The van der Waals surface area contributed by atoms with Crippen LogP contribution in [0.5, 0.6) is 0 Å². The van der Waals surface area contributed by atoms with Crippen LogP contribution in [-0.4, -0.2) is 17.3 Å². The van der Waals surface area contributed by atoms with Gasteiger partial charge in [-0.1, -0.05) is 25.1 Å². The van der Waals surface area contributed by atoms with Gasteiger partial charge < -0.3 is 9.84 Å². The lowest BCUT2D eigenvalue weighted by Crippen LogP contribution is -2.50. The summed E-state index contributed by atoms with van der Waals surface area (Å²) in [6.45, 7) is 9.21. The molecule has 118 valence electrons. The lowest BCUT2D eigenvalue weighted by atomic mass is 9.76. The molecule has 0 saturated carbocycles. The lowest BCUT2D eigenvalue weighted by molar-refractivity contribution is -0.153. The van der Waals surface area contributed by atoms with Gasteiger partial charge in [-0.25, -0.2) is 0 Å². The maximum Gasteiger partial charge on any atom is 0.416 e. The van der Waals surface area contributed by atoms with Crippen LogP contribution < -0.4 is 0 Å². The normalized spacial score (nSPS) is 17.9. The first kappa shape index (κ1) is 17.7. The molecule has 0 aliphatic carbocycles. The van der Waals surface area contributed by atoms with Crippen molar-refractivity contribution in [3.05, 3.63) is 48.0 Å². The van der Waals surface area contributed by atoms with Crippen LogP contribution in [0.1, 0.15) is 38.3 Å². The summed E-state index contributed by atoms with van der Waals surface area (Å²) in [5.74, 6) is 0. The minimum atomic E-state index is -4.40. The van der Waals surface area contributed by atoms with Crippen molar-refractivity contribution >= 4 is 0 Å². The van der Waals surface area contributed by atoms with E-state index in [4.69, 9.17) is 4.74 Å². The van der Waals surface area contributed by atoms with Gasteiger partial charge in [-0.2, -0.15) is 13.2 Å². The maximum absolute atomic E-state index is 12.6. The predicted octanol–water partition coefficient (Wildman–Crippen LogP) is 4.28. The first-order valence-electron chi connectivity index (χ1n) is 6.82. The average Bonchev–Trinajstić information content (AvgIpc) is 2.43. The lowest BCUT2D eigenvalue weighted by Gasteiger charge is -2.43. The molecule has 1 N–H and O–H groups in total. The van der Waals surface area contributed by atoms with E-state index in [1.807, 2.05) is 6.92 Å². The van der Waals surface area contributed by atoms with Crippen molar-refractivity contribution in [1.29, 1.82) is 0 Å². The van der Waals surface area contributed by atoms with Gasteiger partial charge in [0.1, 0.15) is 11.2 Å². The zero-order chi connectivity index (χ0) is 16.3. The second kappa shape index (κ2) is 6.20. The van der Waals surface area contributed by atoms with Crippen LogP contribution in [0.25, 0.3) is 0 Å². The van der Waals surface area contributed by atoms with Gasteiger partial charge in [-0.3, -0.25) is 0 Å². The second-order valence-corrected chi connectivity index (χ2v) is 5.03. The Bertz CT molecular complexity index is 477. The molecule has 0 aliphatic rings. The number of alkyl halides is 3. The molecule has 1 aromatic carbocycles. The van der Waals surface area contributed by atoms with Crippen LogP contribution in [0.4, 0.5) is 13.2 Å². The minimum Gasteiger partial charge on any atom is -0.382 e. The third kappa shape index (κ3) is 3.30. The van der Waals surface area contributed by atoms with E-state index < -0.39 is 22.9 Å². The molecule has 2 atom stereocenters. The monoisotopic (exact) mass is 302 g/mol. The van der Waals surface area contributed by atoms with Gasteiger partial charge in [0.2, 0.25) is 0 Å². The summed E-state index contributed by atoms with van der Waals surface area (Å²) in [6, 6.07) is 4.46. The van der Waals surface area contributed by atoms with Gasteiger partial charge in [0.05, 0.1) is 5.56 Å². The molecule has 0 aromatic heterocycles. The van der Waals surface area contributed by atoms with Crippen molar-refractivity contribution in [3.63, 3.8) is 0 Å². The molecule has 5 heteroatoms. The van der Waals surface area contributed by atoms with E-state index in [1.54, 1.807) is 6.92 Å². The Hall–Kier alpha value is -1.33. The molecule has 1 aromatic rings. The number of rotatable bonds is 6. The Kier molecular flexibility index (Phi) is 5.23. The van der Waals surface area contributed by atoms with Crippen LogP contribution in [0.3, 0.4) is 0 Å². The predicted molar refractivity (Wildman–Crippen MR) is 75.9 cm³/mol. The molecule has 21 heavy (non-hydrogen) atoms. The Morgan fingerprint density at radius 2 is 1.62 bits per heavy atom. The van der Waals surface area contributed by atoms with E-state index in [2.05, 4.69) is 6.58 Å². The molecule has 0 bridgehead atoms. The summed E-state index contributed by atoms with van der Waals surface area (Å²) in [4.78, 5) is 0. The molecular weight excluding hydrogens is 281 g/mol. The Balaban J connectivity index is 3.25. The largest absolute Gasteiger partial charge is 0.416 e. The highest BCUT2D eigenvalue weighted by atomic mass is 19.4. The van der Waals surface area contributed by atoms with Gasteiger partial charge in [0.25, 0.3) is 0 Å². The number of benzene rings is 1. The fourth-order valence-corrected chi connectivity index (χ4v) is 2.47. The highest BCUT2D eigenvalue weighted by Crippen LogP contribution is 2.40. The minimum absolute atomic E-state index is 0.353. The number of ether oxygens (including phenoxy) is 1. The van der Waals surface area contributed by atoms with Crippen molar-refractivity contribution in [1.82, 2.24) is 0 Å². The molecule has 0 aliphatic heterocycles. The molecule has 1 rings (SSSR count). The Morgan fingerprint density at radius 1 is 1.14 bits per heavy atom. The zero-order valence-electron chi connectivity index (χ0n) is 12.5. The molecule has 0 amide bonds. The highest BCUT2D eigenvalue weighted by Gasteiger charge is 2.46. The van der Waals surface area contributed by atoms with E-state index in [9.17, 15) is 18.3 Å². The molecule has 2 nitrogen and oxygen atoms in total. The quantitative estimate of drug-likeness (QED) is 0.795. The summed E-state index contributed by atoms with van der Waals surface area (Å²) in [6.07, 6.45) is -2.45. The highest BCUT2D eigenvalue weighted by molar-refractivity contribution is 5.32. The van der Waals surface area contributed by atoms with Gasteiger partial charge in [-0.05, 0) is 38.0 Å². The van der Waals surface area contributed by atoms with Gasteiger partial charge in [-0.15, -0.1) is 6.58 Å². The van der Waals surface area contributed by atoms with E-state index in [-0.39, 0.29) is 0 Å². The van der Waals surface area contributed by atoms with E-state index in [1.165, 1.54) is 25.1 Å². The average molecular weight is 302 g/mol. The van der Waals surface area contributed by atoms with E-state index >= 15 is 0 Å². The van der Waals surface area contributed by atoms with E-state index in [0.29, 0.717) is 18.6 Å². The Morgan fingerprint density at radius 3 is 1.95 bits per heavy atom. The fraction of sp³-hybridized carbons (Fsp3) is 0.500. The summed E-state index contributed by atoms with van der Waals surface area (Å²) in [5.41, 5.74) is -2.93. The summed E-state index contributed by atoms with van der Waals surface area (Å²) >= 11 is 0. The van der Waals surface area contributed by atoms with Gasteiger partial charge >= 0.3 is 6.18 Å². The molecular formula is C16H21F3O2. The van der Waals surface area contributed by atoms with E-state index in [0.717, 1.165) is 12.1 Å². The number of hydrogen-bond acceptors (Lipinski definition) is 2. The van der Waals surface area contributed by atoms with Crippen molar-refractivity contribution < 1.29 is 23.0 Å². The summed E-state index contributed by atoms with van der Waals surface area (Å²) in [5, 5.41) is 10.8.